The summed E-state index contributed by atoms with van der Waals surface area (Å²) in [5.41, 5.74) is 0.148. The first-order valence-electron chi connectivity index (χ1n) is 16.5. The van der Waals surface area contributed by atoms with Crippen LogP contribution in [-0.2, 0) is 50.9 Å². The van der Waals surface area contributed by atoms with Crippen LogP contribution in [0.2, 0.25) is 0 Å². The Morgan fingerprint density at radius 1 is 0.571 bits per heavy atom. The number of carbonyl (C=O) groups excluding carboxylic acids is 4. The highest BCUT2D eigenvalue weighted by molar-refractivity contribution is 5.82. The summed E-state index contributed by atoms with van der Waals surface area (Å²) in [4.78, 5) is 55.3. The van der Waals surface area contributed by atoms with Crippen LogP contribution in [0.25, 0.3) is 0 Å². The zero-order chi connectivity index (χ0) is 36.5. The summed E-state index contributed by atoms with van der Waals surface area (Å²) in [6.07, 6.45) is 0.649. The van der Waals surface area contributed by atoms with Gasteiger partial charge in [0.25, 0.3) is 0 Å². The second kappa shape index (κ2) is 20.4. The van der Waals surface area contributed by atoms with E-state index in [9.17, 15) is 19.2 Å². The van der Waals surface area contributed by atoms with Gasteiger partial charge < -0.3 is 28.4 Å². The molecule has 2 amide bonds. The summed E-state index contributed by atoms with van der Waals surface area (Å²) in [6, 6.07) is 16.7. The SMILES string of the molecule is COCN(C(=O)OC(C)(C)C)[C@@H](Cc1ccccc1)C(=O)OCCCCCOC(=O)[C@H](Cc1ccccc1)N(COC)C(=O)OC(C)(C)C. The fraction of sp³-hybridized carbons (Fsp3) is 0.568. The van der Waals surface area contributed by atoms with E-state index in [0.717, 1.165) is 11.1 Å². The Kier molecular flexibility index (Phi) is 17.1. The summed E-state index contributed by atoms with van der Waals surface area (Å²) in [5.74, 6) is -1.16. The fourth-order valence-electron chi connectivity index (χ4n) is 4.69. The Balaban J connectivity index is 1.99. The van der Waals surface area contributed by atoms with Gasteiger partial charge in [0.05, 0.1) is 13.2 Å². The van der Waals surface area contributed by atoms with Crippen LogP contribution in [0.3, 0.4) is 0 Å². The normalized spacial score (nSPS) is 12.7. The van der Waals surface area contributed by atoms with Crippen molar-refractivity contribution < 1.29 is 47.6 Å². The molecule has 0 N–H and O–H groups in total. The summed E-state index contributed by atoms with van der Waals surface area (Å²) in [7, 11) is 2.87. The van der Waals surface area contributed by atoms with Crippen molar-refractivity contribution in [3.63, 3.8) is 0 Å². The third-order valence-electron chi connectivity index (χ3n) is 6.91. The zero-order valence-corrected chi connectivity index (χ0v) is 30.3. The molecule has 0 bridgehead atoms. The molecule has 2 atom stereocenters. The van der Waals surface area contributed by atoms with Gasteiger partial charge in [-0.05, 0) is 71.9 Å². The quantitative estimate of drug-likeness (QED) is 0.0779. The molecule has 12 heteroatoms. The predicted molar refractivity (Wildman–Crippen MR) is 184 cm³/mol. The van der Waals surface area contributed by atoms with E-state index in [-0.39, 0.29) is 39.5 Å². The Morgan fingerprint density at radius 3 is 1.22 bits per heavy atom. The van der Waals surface area contributed by atoms with Crippen LogP contribution in [0.5, 0.6) is 0 Å². The van der Waals surface area contributed by atoms with Gasteiger partial charge in [-0.1, -0.05) is 60.7 Å². The number of carbonyl (C=O) groups is 4. The van der Waals surface area contributed by atoms with Gasteiger partial charge in [-0.3, -0.25) is 9.80 Å². The lowest BCUT2D eigenvalue weighted by molar-refractivity contribution is -0.152. The number of unbranched alkanes of at least 4 members (excludes halogenated alkanes) is 2. The smallest absolute Gasteiger partial charge is 0.412 e. The van der Waals surface area contributed by atoms with Crippen molar-refractivity contribution in [2.75, 3.05) is 40.9 Å². The molecule has 2 aromatic rings. The molecule has 0 radical (unpaired) electrons. The first-order valence-corrected chi connectivity index (χ1v) is 16.5. The molecular formula is C37H54N2O10. The monoisotopic (exact) mass is 686 g/mol. The average molecular weight is 687 g/mol. The molecule has 0 aromatic heterocycles. The van der Waals surface area contributed by atoms with E-state index < -0.39 is 47.4 Å². The van der Waals surface area contributed by atoms with Gasteiger partial charge in [-0.25, -0.2) is 19.2 Å². The van der Waals surface area contributed by atoms with Gasteiger partial charge in [-0.2, -0.15) is 0 Å². The Morgan fingerprint density at radius 2 is 0.918 bits per heavy atom. The molecule has 0 saturated carbocycles. The van der Waals surface area contributed by atoms with Crippen LogP contribution in [0.4, 0.5) is 9.59 Å². The zero-order valence-electron chi connectivity index (χ0n) is 30.3. The topological polar surface area (TPSA) is 130 Å². The fourth-order valence-corrected chi connectivity index (χ4v) is 4.69. The minimum atomic E-state index is -0.972. The van der Waals surface area contributed by atoms with Crippen molar-refractivity contribution >= 4 is 24.1 Å². The lowest BCUT2D eigenvalue weighted by Crippen LogP contribution is -2.49. The van der Waals surface area contributed by atoms with Gasteiger partial charge in [-0.15, -0.1) is 0 Å². The van der Waals surface area contributed by atoms with Gasteiger partial charge in [0.2, 0.25) is 0 Å². The molecule has 0 saturated heterocycles. The molecular weight excluding hydrogens is 632 g/mol. The van der Waals surface area contributed by atoms with Gasteiger partial charge >= 0.3 is 24.1 Å². The predicted octanol–water partition coefficient (Wildman–Crippen LogP) is 6.15. The van der Waals surface area contributed by atoms with Crippen molar-refractivity contribution in [2.45, 2.75) is 96.9 Å². The molecule has 0 fully saturated rings. The maximum absolute atomic E-state index is 13.3. The molecule has 0 aliphatic heterocycles. The number of rotatable bonds is 18. The highest BCUT2D eigenvalue weighted by Crippen LogP contribution is 2.19. The standard InChI is InChI=1S/C37H54N2O10/c1-36(2,3)48-34(42)38(26-44-7)30(24-28-18-12-9-13-19-28)32(40)46-22-16-11-17-23-47-33(41)31(25-29-20-14-10-15-21-29)39(27-45-8)35(43)49-37(4,5)6/h9-10,12-15,18-21,30-31H,11,16-17,22-27H2,1-8H3/t30-,31-/m0/s1. The van der Waals surface area contributed by atoms with E-state index in [1.54, 1.807) is 41.5 Å². The van der Waals surface area contributed by atoms with E-state index in [1.165, 1.54) is 24.0 Å². The second-order valence-electron chi connectivity index (χ2n) is 13.5. The molecule has 2 aromatic carbocycles. The minimum absolute atomic E-state index is 0.101. The highest BCUT2D eigenvalue weighted by atomic mass is 16.6. The van der Waals surface area contributed by atoms with E-state index in [4.69, 9.17) is 28.4 Å². The highest BCUT2D eigenvalue weighted by Gasteiger charge is 2.36. The van der Waals surface area contributed by atoms with Crippen LogP contribution >= 0.6 is 0 Å². The Labute approximate surface area is 290 Å². The molecule has 0 aliphatic carbocycles. The Hall–Kier alpha value is -4.16. The van der Waals surface area contributed by atoms with Crippen molar-refractivity contribution in [1.29, 1.82) is 0 Å². The first-order chi connectivity index (χ1) is 23.1. The second-order valence-corrected chi connectivity index (χ2v) is 13.5. The molecule has 49 heavy (non-hydrogen) atoms. The van der Waals surface area contributed by atoms with E-state index in [0.29, 0.717) is 19.3 Å². The molecule has 0 unspecified atom stereocenters. The summed E-state index contributed by atoms with van der Waals surface area (Å²) in [6.45, 7) is 10.4. The van der Waals surface area contributed by atoms with Crippen LogP contribution in [0.15, 0.2) is 60.7 Å². The number of nitrogens with zero attached hydrogens (tertiary/aromatic N) is 2. The Bertz CT molecular complexity index is 1190. The maximum Gasteiger partial charge on any atom is 0.412 e. The van der Waals surface area contributed by atoms with Gasteiger partial charge in [0.15, 0.2) is 0 Å². The lowest BCUT2D eigenvalue weighted by atomic mass is 10.1. The first kappa shape index (κ1) is 41.0. The molecule has 12 nitrogen and oxygen atoms in total. The number of benzene rings is 2. The van der Waals surface area contributed by atoms with E-state index in [1.807, 2.05) is 60.7 Å². The molecule has 0 aliphatic rings. The average Bonchev–Trinajstić information content (AvgIpc) is 3.03. The molecule has 0 spiro atoms. The van der Waals surface area contributed by atoms with Crippen molar-refractivity contribution in [2.24, 2.45) is 0 Å². The van der Waals surface area contributed by atoms with Crippen LogP contribution < -0.4 is 0 Å². The summed E-state index contributed by atoms with van der Waals surface area (Å²) in [5, 5.41) is 0. The number of esters is 2. The molecule has 2 rings (SSSR count). The van der Waals surface area contributed by atoms with Gasteiger partial charge in [0, 0.05) is 27.1 Å². The largest absolute Gasteiger partial charge is 0.464 e. The van der Waals surface area contributed by atoms with Crippen LogP contribution in [0.1, 0.15) is 71.9 Å². The van der Waals surface area contributed by atoms with Gasteiger partial charge in [0.1, 0.15) is 36.7 Å². The third-order valence-corrected chi connectivity index (χ3v) is 6.91. The lowest BCUT2D eigenvalue weighted by Gasteiger charge is -2.32. The summed E-state index contributed by atoms with van der Waals surface area (Å²) >= 11 is 0. The molecule has 272 valence electrons. The number of methoxy groups -OCH3 is 2. The third kappa shape index (κ3) is 15.7. The van der Waals surface area contributed by atoms with E-state index >= 15 is 0 Å². The van der Waals surface area contributed by atoms with Crippen LogP contribution in [0, 0.1) is 0 Å². The number of hydrogen-bond donors (Lipinski definition) is 0. The van der Waals surface area contributed by atoms with Crippen molar-refractivity contribution in [3.05, 3.63) is 71.8 Å². The van der Waals surface area contributed by atoms with Crippen molar-refractivity contribution in [3.8, 4) is 0 Å². The minimum Gasteiger partial charge on any atom is -0.464 e. The number of hydrogen-bond acceptors (Lipinski definition) is 10. The number of ether oxygens (including phenoxy) is 6. The van der Waals surface area contributed by atoms with E-state index in [2.05, 4.69) is 0 Å². The molecule has 0 heterocycles. The maximum atomic E-state index is 13.3. The summed E-state index contributed by atoms with van der Waals surface area (Å²) < 4.78 is 32.8. The number of amides is 2. The van der Waals surface area contributed by atoms with Crippen LogP contribution in [-0.4, -0.2) is 98.1 Å². The van der Waals surface area contributed by atoms with Crippen molar-refractivity contribution in [1.82, 2.24) is 9.80 Å².